The highest BCUT2D eigenvalue weighted by atomic mass is 16.5. The zero-order chi connectivity index (χ0) is 16.0. The van der Waals surface area contributed by atoms with Crippen LogP contribution >= 0.6 is 0 Å². The Labute approximate surface area is 133 Å². The highest BCUT2D eigenvalue weighted by molar-refractivity contribution is 5.99. The van der Waals surface area contributed by atoms with Crippen molar-refractivity contribution < 1.29 is 9.53 Å². The number of benzene rings is 1. The van der Waals surface area contributed by atoms with Gasteiger partial charge in [-0.25, -0.2) is 0 Å². The zero-order valence-corrected chi connectivity index (χ0v) is 14.1. The maximum absolute atomic E-state index is 13.3. The molecule has 0 N–H and O–H groups in total. The number of hydrogen-bond donors (Lipinski definition) is 0. The molecule has 0 spiro atoms. The summed E-state index contributed by atoms with van der Waals surface area (Å²) in [5.74, 6) is 0.535. The van der Waals surface area contributed by atoms with Crippen LogP contribution in [0.15, 0.2) is 42.5 Å². The SMILES string of the molecule is C/C=C/C1(OCc2ccccc2)C(=O)[C@]2(C)CCC1C2(C)C. The third-order valence-electron chi connectivity index (χ3n) is 6.33. The summed E-state index contributed by atoms with van der Waals surface area (Å²) in [6, 6.07) is 10.1. The van der Waals surface area contributed by atoms with Crippen LogP contribution in [0.3, 0.4) is 0 Å². The maximum Gasteiger partial charge on any atom is 0.175 e. The van der Waals surface area contributed by atoms with Crippen LogP contribution in [0, 0.1) is 16.7 Å². The quantitative estimate of drug-likeness (QED) is 0.763. The summed E-state index contributed by atoms with van der Waals surface area (Å²) in [6.07, 6.45) is 6.03. The number of hydrogen-bond acceptors (Lipinski definition) is 2. The second-order valence-corrected chi connectivity index (χ2v) is 7.54. The Bertz CT molecular complexity index is 601. The first-order valence-corrected chi connectivity index (χ1v) is 8.25. The number of ether oxygens (including phenoxy) is 1. The predicted molar refractivity (Wildman–Crippen MR) is 88.4 cm³/mol. The summed E-state index contributed by atoms with van der Waals surface area (Å²) in [6.45, 7) is 9.06. The standard InChI is InChI=1S/C20H26O2/c1-5-12-20(22-14-15-9-7-6-8-10-15)16-11-13-19(4,17(20)21)18(16,2)3/h5-10,12,16H,11,13-14H2,1-4H3/b12-5+/t16?,19-,20?/m0/s1. The first kappa shape index (κ1) is 15.5. The van der Waals surface area contributed by atoms with E-state index in [1.165, 1.54) is 0 Å². The van der Waals surface area contributed by atoms with Crippen molar-refractivity contribution in [1.29, 1.82) is 0 Å². The van der Waals surface area contributed by atoms with E-state index in [1.807, 2.05) is 49.4 Å². The molecule has 2 saturated carbocycles. The molecule has 2 nitrogen and oxygen atoms in total. The molecule has 0 radical (unpaired) electrons. The minimum atomic E-state index is -0.749. The van der Waals surface area contributed by atoms with Crippen molar-refractivity contribution in [2.45, 2.75) is 52.7 Å². The van der Waals surface area contributed by atoms with Gasteiger partial charge >= 0.3 is 0 Å². The van der Waals surface area contributed by atoms with Crippen LogP contribution in [-0.2, 0) is 16.1 Å². The zero-order valence-electron chi connectivity index (χ0n) is 14.1. The van der Waals surface area contributed by atoms with Gasteiger partial charge in [-0.2, -0.15) is 0 Å². The highest BCUT2D eigenvalue weighted by Gasteiger charge is 2.72. The third kappa shape index (κ3) is 1.86. The molecule has 2 unspecified atom stereocenters. The fourth-order valence-electron chi connectivity index (χ4n) is 4.68. The minimum absolute atomic E-state index is 0.0136. The number of carbonyl (C=O) groups excluding carboxylic acids is 1. The number of Topliss-reactive ketones (excluding diaryl/α,β-unsaturated/α-hetero) is 1. The molecule has 1 aromatic rings. The fraction of sp³-hybridized carbons (Fsp3) is 0.550. The van der Waals surface area contributed by atoms with Gasteiger partial charge in [0, 0.05) is 11.3 Å². The Hall–Kier alpha value is -1.41. The highest BCUT2D eigenvalue weighted by Crippen LogP contribution is 2.68. The van der Waals surface area contributed by atoms with E-state index in [-0.39, 0.29) is 22.5 Å². The molecule has 3 atom stereocenters. The van der Waals surface area contributed by atoms with Crippen molar-refractivity contribution in [3.8, 4) is 0 Å². The van der Waals surface area contributed by atoms with E-state index in [4.69, 9.17) is 4.74 Å². The van der Waals surface area contributed by atoms with E-state index in [0.29, 0.717) is 6.61 Å². The average molecular weight is 298 g/mol. The molecule has 2 fully saturated rings. The van der Waals surface area contributed by atoms with Gasteiger partial charge in [0.1, 0.15) is 5.60 Å². The van der Waals surface area contributed by atoms with Crippen molar-refractivity contribution in [2.24, 2.45) is 16.7 Å². The van der Waals surface area contributed by atoms with Crippen LogP contribution < -0.4 is 0 Å². The van der Waals surface area contributed by atoms with Gasteiger partial charge < -0.3 is 4.74 Å². The topological polar surface area (TPSA) is 26.3 Å². The van der Waals surface area contributed by atoms with Gasteiger partial charge in [-0.3, -0.25) is 4.79 Å². The molecule has 0 aromatic heterocycles. The van der Waals surface area contributed by atoms with Crippen molar-refractivity contribution in [2.75, 3.05) is 0 Å². The fourth-order valence-corrected chi connectivity index (χ4v) is 4.68. The molecule has 2 bridgehead atoms. The molecule has 0 saturated heterocycles. The Morgan fingerprint density at radius 2 is 1.91 bits per heavy atom. The Morgan fingerprint density at radius 3 is 2.45 bits per heavy atom. The monoisotopic (exact) mass is 298 g/mol. The first-order chi connectivity index (χ1) is 10.4. The molecule has 1 aromatic carbocycles. The number of fused-ring (bicyclic) bond motifs is 2. The summed E-state index contributed by atoms with van der Waals surface area (Å²) >= 11 is 0. The molecule has 0 heterocycles. The van der Waals surface area contributed by atoms with Crippen LogP contribution in [0.25, 0.3) is 0 Å². The average Bonchev–Trinajstić information content (AvgIpc) is 2.81. The summed E-state index contributed by atoms with van der Waals surface area (Å²) < 4.78 is 6.33. The lowest BCUT2D eigenvalue weighted by Gasteiger charge is -2.35. The Balaban J connectivity index is 1.95. The Morgan fingerprint density at radius 1 is 1.23 bits per heavy atom. The number of rotatable bonds is 4. The van der Waals surface area contributed by atoms with E-state index in [0.717, 1.165) is 18.4 Å². The first-order valence-electron chi connectivity index (χ1n) is 8.25. The second-order valence-electron chi connectivity index (χ2n) is 7.54. The molecular weight excluding hydrogens is 272 g/mol. The molecule has 0 aliphatic heterocycles. The van der Waals surface area contributed by atoms with E-state index < -0.39 is 5.60 Å². The predicted octanol–water partition coefficient (Wildman–Crippen LogP) is 4.54. The maximum atomic E-state index is 13.3. The molecule has 0 amide bonds. The molecule has 3 rings (SSSR count). The van der Waals surface area contributed by atoms with Gasteiger partial charge in [0.25, 0.3) is 0 Å². The smallest absolute Gasteiger partial charge is 0.175 e. The van der Waals surface area contributed by atoms with Crippen molar-refractivity contribution in [3.63, 3.8) is 0 Å². The molecule has 22 heavy (non-hydrogen) atoms. The number of allylic oxidation sites excluding steroid dienone is 1. The van der Waals surface area contributed by atoms with Gasteiger partial charge in [-0.15, -0.1) is 0 Å². The number of ketones is 1. The van der Waals surface area contributed by atoms with Crippen molar-refractivity contribution in [3.05, 3.63) is 48.0 Å². The molecular formula is C20H26O2. The normalized spacial score (nSPS) is 36.4. The molecule has 118 valence electrons. The van der Waals surface area contributed by atoms with Crippen LogP contribution in [0.2, 0.25) is 0 Å². The largest absolute Gasteiger partial charge is 0.358 e. The van der Waals surface area contributed by atoms with Gasteiger partial charge in [-0.1, -0.05) is 57.2 Å². The van der Waals surface area contributed by atoms with E-state index in [1.54, 1.807) is 0 Å². The van der Waals surface area contributed by atoms with Crippen LogP contribution in [-0.4, -0.2) is 11.4 Å². The van der Waals surface area contributed by atoms with E-state index in [9.17, 15) is 4.79 Å². The molecule has 2 heteroatoms. The lowest BCUT2D eigenvalue weighted by molar-refractivity contribution is -0.149. The van der Waals surface area contributed by atoms with Gasteiger partial charge in [0.05, 0.1) is 6.61 Å². The van der Waals surface area contributed by atoms with Crippen LogP contribution in [0.5, 0.6) is 0 Å². The van der Waals surface area contributed by atoms with Crippen molar-refractivity contribution >= 4 is 5.78 Å². The van der Waals surface area contributed by atoms with Gasteiger partial charge in [0.15, 0.2) is 5.78 Å². The van der Waals surface area contributed by atoms with Crippen molar-refractivity contribution in [1.82, 2.24) is 0 Å². The third-order valence-corrected chi connectivity index (χ3v) is 6.33. The summed E-state index contributed by atoms with van der Waals surface area (Å²) in [5.41, 5.74) is 0.0832. The van der Waals surface area contributed by atoms with Crippen LogP contribution in [0.4, 0.5) is 0 Å². The van der Waals surface area contributed by atoms with E-state index in [2.05, 4.69) is 20.8 Å². The lowest BCUT2D eigenvalue weighted by Crippen LogP contribution is -2.47. The summed E-state index contributed by atoms with van der Waals surface area (Å²) in [4.78, 5) is 13.3. The molecule has 2 aliphatic carbocycles. The lowest BCUT2D eigenvalue weighted by atomic mass is 9.70. The Kier molecular flexibility index (Phi) is 3.56. The minimum Gasteiger partial charge on any atom is -0.358 e. The second kappa shape index (κ2) is 5.06. The van der Waals surface area contributed by atoms with Crippen LogP contribution in [0.1, 0.15) is 46.1 Å². The van der Waals surface area contributed by atoms with E-state index >= 15 is 0 Å². The summed E-state index contributed by atoms with van der Waals surface area (Å²) in [7, 11) is 0. The molecule has 2 aliphatic rings. The van der Waals surface area contributed by atoms with Gasteiger partial charge in [0.2, 0.25) is 0 Å². The number of carbonyl (C=O) groups is 1. The van der Waals surface area contributed by atoms with Gasteiger partial charge in [-0.05, 0) is 36.8 Å². The summed E-state index contributed by atoms with van der Waals surface area (Å²) in [5, 5.41) is 0.